The molecule has 0 saturated heterocycles. The predicted molar refractivity (Wildman–Crippen MR) is 51.3 cm³/mol. The lowest BCUT2D eigenvalue weighted by atomic mass is 10.4. The minimum Gasteiger partial charge on any atom is -0.369 e. The second-order valence-corrected chi connectivity index (χ2v) is 4.01. The van der Waals surface area contributed by atoms with Crippen LogP contribution in [0.1, 0.15) is 12.5 Å². The maximum absolute atomic E-state index is 10.7. The van der Waals surface area contributed by atoms with Gasteiger partial charge < -0.3 is 5.73 Å². The standard InChI is InChI=1S/C8H11N3OS/c1-5-3-10-8(11-4-5)13-6(2)7(9)12/h3-4,6H,1-2H3,(H2,9,12). The molecule has 1 unspecified atom stereocenters. The van der Waals surface area contributed by atoms with Crippen LogP contribution in [0.4, 0.5) is 0 Å². The highest BCUT2D eigenvalue weighted by Crippen LogP contribution is 2.17. The Morgan fingerprint density at radius 1 is 1.54 bits per heavy atom. The fourth-order valence-corrected chi connectivity index (χ4v) is 1.32. The zero-order valence-electron chi connectivity index (χ0n) is 7.52. The summed E-state index contributed by atoms with van der Waals surface area (Å²) in [6.07, 6.45) is 3.42. The fraction of sp³-hybridized carbons (Fsp3) is 0.375. The highest BCUT2D eigenvalue weighted by atomic mass is 32.2. The average Bonchev–Trinajstić information content (AvgIpc) is 2.08. The molecule has 0 aliphatic carbocycles. The molecule has 1 rings (SSSR count). The molecule has 1 atom stereocenters. The first-order valence-corrected chi connectivity index (χ1v) is 4.72. The Morgan fingerprint density at radius 3 is 2.54 bits per heavy atom. The lowest BCUT2D eigenvalue weighted by molar-refractivity contribution is -0.117. The third-order valence-corrected chi connectivity index (χ3v) is 2.45. The molecule has 0 aliphatic rings. The Labute approximate surface area is 81.0 Å². The number of carbonyl (C=O) groups is 1. The molecule has 0 saturated carbocycles. The Bertz CT molecular complexity index is 299. The van der Waals surface area contributed by atoms with Gasteiger partial charge in [0, 0.05) is 12.4 Å². The van der Waals surface area contributed by atoms with Crippen LogP contribution in [0.3, 0.4) is 0 Å². The third-order valence-electron chi connectivity index (χ3n) is 1.44. The van der Waals surface area contributed by atoms with Gasteiger partial charge in [-0.1, -0.05) is 11.8 Å². The van der Waals surface area contributed by atoms with Crippen LogP contribution >= 0.6 is 11.8 Å². The summed E-state index contributed by atoms with van der Waals surface area (Å²) in [7, 11) is 0. The smallest absolute Gasteiger partial charge is 0.230 e. The molecule has 1 heterocycles. The summed E-state index contributed by atoms with van der Waals surface area (Å²) >= 11 is 1.26. The summed E-state index contributed by atoms with van der Waals surface area (Å²) in [5, 5.41) is 0.291. The number of thioether (sulfide) groups is 1. The van der Waals surface area contributed by atoms with E-state index in [0.717, 1.165) is 5.56 Å². The van der Waals surface area contributed by atoms with E-state index in [1.807, 2.05) is 6.92 Å². The van der Waals surface area contributed by atoms with E-state index in [4.69, 9.17) is 5.73 Å². The number of nitrogens with two attached hydrogens (primary N) is 1. The monoisotopic (exact) mass is 197 g/mol. The third kappa shape index (κ3) is 3.02. The van der Waals surface area contributed by atoms with Crippen molar-refractivity contribution in [2.75, 3.05) is 0 Å². The molecular weight excluding hydrogens is 186 g/mol. The van der Waals surface area contributed by atoms with Crippen LogP contribution < -0.4 is 5.73 Å². The fourth-order valence-electron chi connectivity index (χ4n) is 0.658. The van der Waals surface area contributed by atoms with Crippen molar-refractivity contribution in [1.82, 2.24) is 9.97 Å². The van der Waals surface area contributed by atoms with E-state index in [-0.39, 0.29) is 11.2 Å². The van der Waals surface area contributed by atoms with Gasteiger partial charge >= 0.3 is 0 Å². The minimum atomic E-state index is -0.353. The number of hydrogen-bond acceptors (Lipinski definition) is 4. The molecule has 5 heteroatoms. The van der Waals surface area contributed by atoms with Gasteiger partial charge in [0.05, 0.1) is 5.25 Å². The summed E-state index contributed by atoms with van der Waals surface area (Å²) in [5.74, 6) is -0.353. The quantitative estimate of drug-likeness (QED) is 0.573. The SMILES string of the molecule is Cc1cnc(SC(C)C(N)=O)nc1. The number of carbonyl (C=O) groups excluding carboxylic acids is 1. The number of hydrogen-bond donors (Lipinski definition) is 1. The molecule has 0 spiro atoms. The average molecular weight is 197 g/mol. The van der Waals surface area contributed by atoms with Gasteiger partial charge in [0.15, 0.2) is 5.16 Å². The molecule has 1 aromatic rings. The van der Waals surface area contributed by atoms with Crippen LogP contribution in [0.15, 0.2) is 17.6 Å². The van der Waals surface area contributed by atoms with Gasteiger partial charge in [-0.05, 0) is 19.4 Å². The summed E-state index contributed by atoms with van der Waals surface area (Å²) in [5.41, 5.74) is 6.09. The van der Waals surface area contributed by atoms with Gasteiger partial charge in [0.25, 0.3) is 0 Å². The zero-order valence-corrected chi connectivity index (χ0v) is 8.34. The highest BCUT2D eigenvalue weighted by molar-refractivity contribution is 8.00. The topological polar surface area (TPSA) is 68.9 Å². The molecule has 2 N–H and O–H groups in total. The molecule has 0 aliphatic heterocycles. The number of rotatable bonds is 3. The summed E-state index contributed by atoms with van der Waals surface area (Å²) in [4.78, 5) is 18.8. The first-order valence-electron chi connectivity index (χ1n) is 3.84. The summed E-state index contributed by atoms with van der Waals surface area (Å²) < 4.78 is 0. The van der Waals surface area contributed by atoms with Crippen LogP contribution in [-0.2, 0) is 4.79 Å². The molecule has 0 fully saturated rings. The second kappa shape index (κ2) is 4.23. The van der Waals surface area contributed by atoms with E-state index < -0.39 is 0 Å². The molecule has 0 radical (unpaired) electrons. The van der Waals surface area contributed by atoms with Crippen molar-refractivity contribution in [3.05, 3.63) is 18.0 Å². The number of aromatic nitrogens is 2. The van der Waals surface area contributed by atoms with Gasteiger partial charge in [0.1, 0.15) is 0 Å². The van der Waals surface area contributed by atoms with Crippen molar-refractivity contribution in [3.63, 3.8) is 0 Å². The van der Waals surface area contributed by atoms with Gasteiger partial charge in [-0.2, -0.15) is 0 Å². The van der Waals surface area contributed by atoms with Crippen molar-refractivity contribution in [3.8, 4) is 0 Å². The van der Waals surface area contributed by atoms with Crippen LogP contribution in [0.25, 0.3) is 0 Å². The van der Waals surface area contributed by atoms with Gasteiger partial charge in [-0.25, -0.2) is 9.97 Å². The molecule has 13 heavy (non-hydrogen) atoms. The van der Waals surface area contributed by atoms with Crippen molar-refractivity contribution in [2.45, 2.75) is 24.3 Å². The maximum atomic E-state index is 10.7. The number of amides is 1. The molecule has 70 valence electrons. The maximum Gasteiger partial charge on any atom is 0.230 e. The number of nitrogens with zero attached hydrogens (tertiary/aromatic N) is 2. The Hall–Kier alpha value is -1.10. The van der Waals surface area contributed by atoms with Crippen LogP contribution in [0.2, 0.25) is 0 Å². The first kappa shape index (κ1) is 9.98. The summed E-state index contributed by atoms with van der Waals surface area (Å²) in [6, 6.07) is 0. The largest absolute Gasteiger partial charge is 0.369 e. The molecule has 0 bridgehead atoms. The van der Waals surface area contributed by atoms with Crippen molar-refractivity contribution < 1.29 is 4.79 Å². The van der Waals surface area contributed by atoms with E-state index in [9.17, 15) is 4.79 Å². The van der Waals surface area contributed by atoms with Gasteiger partial charge in [0.2, 0.25) is 5.91 Å². The molecule has 1 amide bonds. The van der Waals surface area contributed by atoms with E-state index >= 15 is 0 Å². The number of aryl methyl sites for hydroxylation is 1. The van der Waals surface area contributed by atoms with Crippen LogP contribution in [0, 0.1) is 6.92 Å². The van der Waals surface area contributed by atoms with E-state index in [2.05, 4.69) is 9.97 Å². The Balaban J connectivity index is 2.64. The van der Waals surface area contributed by atoms with Crippen LogP contribution in [-0.4, -0.2) is 21.1 Å². The molecular formula is C8H11N3OS. The Kier molecular flexibility index (Phi) is 3.25. The van der Waals surface area contributed by atoms with E-state index in [1.54, 1.807) is 19.3 Å². The van der Waals surface area contributed by atoms with E-state index in [0.29, 0.717) is 5.16 Å². The predicted octanol–water partition coefficient (Wildman–Crippen LogP) is 0.751. The summed E-state index contributed by atoms with van der Waals surface area (Å²) in [6.45, 7) is 3.64. The van der Waals surface area contributed by atoms with Gasteiger partial charge in [-0.3, -0.25) is 4.79 Å². The molecule has 0 aromatic carbocycles. The van der Waals surface area contributed by atoms with Crippen molar-refractivity contribution in [1.29, 1.82) is 0 Å². The van der Waals surface area contributed by atoms with Crippen molar-refractivity contribution >= 4 is 17.7 Å². The highest BCUT2D eigenvalue weighted by Gasteiger charge is 2.11. The lowest BCUT2D eigenvalue weighted by Crippen LogP contribution is -2.22. The van der Waals surface area contributed by atoms with Crippen LogP contribution in [0.5, 0.6) is 0 Å². The molecule has 1 aromatic heterocycles. The van der Waals surface area contributed by atoms with Gasteiger partial charge in [-0.15, -0.1) is 0 Å². The molecule has 4 nitrogen and oxygen atoms in total. The normalized spacial score (nSPS) is 12.5. The van der Waals surface area contributed by atoms with E-state index in [1.165, 1.54) is 11.8 Å². The number of primary amides is 1. The first-order chi connectivity index (χ1) is 6.09. The van der Waals surface area contributed by atoms with Crippen molar-refractivity contribution in [2.24, 2.45) is 5.73 Å². The minimum absolute atomic E-state index is 0.289. The zero-order chi connectivity index (χ0) is 9.84. The second-order valence-electron chi connectivity index (χ2n) is 2.71. The lowest BCUT2D eigenvalue weighted by Gasteiger charge is -2.04. The Morgan fingerprint density at radius 2 is 2.08 bits per heavy atom.